The van der Waals surface area contributed by atoms with Crippen molar-refractivity contribution in [3.05, 3.63) is 11.6 Å². The molecule has 2 aliphatic heterocycles. The van der Waals surface area contributed by atoms with E-state index in [9.17, 15) is 0 Å². The summed E-state index contributed by atoms with van der Waals surface area (Å²) >= 11 is 0. The van der Waals surface area contributed by atoms with E-state index in [0.717, 1.165) is 44.1 Å². The SMILES string of the molecule is CCCCCCOC1=NCN=C1C1=CCCNC1. The molecule has 0 amide bonds. The fourth-order valence-electron chi connectivity index (χ4n) is 2.19. The fraction of sp³-hybridized carbons (Fsp3) is 0.714. The highest BCUT2D eigenvalue weighted by Gasteiger charge is 2.20. The van der Waals surface area contributed by atoms with Crippen LogP contribution in [0.15, 0.2) is 21.6 Å². The van der Waals surface area contributed by atoms with E-state index in [0.29, 0.717) is 6.67 Å². The van der Waals surface area contributed by atoms with Gasteiger partial charge in [-0.1, -0.05) is 32.3 Å². The van der Waals surface area contributed by atoms with Crippen LogP contribution in [0.2, 0.25) is 0 Å². The van der Waals surface area contributed by atoms with Crippen LogP contribution in [-0.4, -0.2) is 38.0 Å². The van der Waals surface area contributed by atoms with Crippen molar-refractivity contribution in [2.24, 2.45) is 9.98 Å². The van der Waals surface area contributed by atoms with Crippen LogP contribution >= 0.6 is 0 Å². The van der Waals surface area contributed by atoms with Crippen LogP contribution < -0.4 is 5.32 Å². The van der Waals surface area contributed by atoms with Gasteiger partial charge < -0.3 is 10.1 Å². The lowest BCUT2D eigenvalue weighted by Gasteiger charge is -2.15. The van der Waals surface area contributed by atoms with Crippen molar-refractivity contribution in [3.8, 4) is 0 Å². The Kier molecular flexibility index (Phi) is 5.39. The van der Waals surface area contributed by atoms with Crippen molar-refractivity contribution in [2.45, 2.75) is 39.0 Å². The maximum Gasteiger partial charge on any atom is 0.237 e. The predicted octanol–water partition coefficient (Wildman–Crippen LogP) is 2.31. The van der Waals surface area contributed by atoms with Gasteiger partial charge >= 0.3 is 0 Å². The normalized spacial score (nSPS) is 19.3. The monoisotopic (exact) mass is 249 g/mol. The quantitative estimate of drug-likeness (QED) is 0.734. The fourth-order valence-corrected chi connectivity index (χ4v) is 2.19. The summed E-state index contributed by atoms with van der Waals surface area (Å²) in [5.74, 6) is 0.751. The molecule has 0 spiro atoms. The number of aliphatic imine (C=N–C) groups is 2. The lowest BCUT2D eigenvalue weighted by Crippen LogP contribution is -2.29. The second kappa shape index (κ2) is 7.31. The maximum absolute atomic E-state index is 5.77. The van der Waals surface area contributed by atoms with Crippen molar-refractivity contribution >= 4 is 11.6 Å². The Balaban J connectivity index is 1.78. The minimum atomic E-state index is 0.525. The summed E-state index contributed by atoms with van der Waals surface area (Å²) in [5.41, 5.74) is 2.21. The second-order valence-electron chi connectivity index (χ2n) is 4.72. The van der Waals surface area contributed by atoms with E-state index in [-0.39, 0.29) is 0 Å². The number of unbranched alkanes of at least 4 members (excludes halogenated alkanes) is 3. The summed E-state index contributed by atoms with van der Waals surface area (Å²) in [6.07, 6.45) is 8.20. The van der Waals surface area contributed by atoms with Crippen molar-refractivity contribution in [1.82, 2.24) is 5.32 Å². The van der Waals surface area contributed by atoms with E-state index in [1.165, 1.54) is 24.8 Å². The highest BCUT2D eigenvalue weighted by atomic mass is 16.5. The first-order chi connectivity index (χ1) is 8.92. The molecule has 0 radical (unpaired) electrons. The van der Waals surface area contributed by atoms with Crippen LogP contribution in [0.5, 0.6) is 0 Å². The van der Waals surface area contributed by atoms with Gasteiger partial charge in [0.15, 0.2) is 0 Å². The molecule has 0 saturated carbocycles. The topological polar surface area (TPSA) is 46.0 Å². The van der Waals surface area contributed by atoms with Gasteiger partial charge in [-0.05, 0) is 25.0 Å². The molecule has 0 aromatic rings. The molecule has 0 aromatic heterocycles. The molecule has 18 heavy (non-hydrogen) atoms. The molecule has 0 saturated heterocycles. The molecule has 0 atom stereocenters. The first kappa shape index (κ1) is 13.3. The van der Waals surface area contributed by atoms with Crippen LogP contribution in [0, 0.1) is 0 Å². The van der Waals surface area contributed by atoms with Gasteiger partial charge in [-0.15, -0.1) is 0 Å². The molecule has 100 valence electrons. The van der Waals surface area contributed by atoms with Gasteiger partial charge in [0.1, 0.15) is 12.4 Å². The molecule has 0 fully saturated rings. The highest BCUT2D eigenvalue weighted by Crippen LogP contribution is 2.11. The van der Waals surface area contributed by atoms with Crippen LogP contribution in [-0.2, 0) is 4.74 Å². The van der Waals surface area contributed by atoms with Crippen molar-refractivity contribution in [3.63, 3.8) is 0 Å². The first-order valence-corrected chi connectivity index (χ1v) is 7.04. The molecule has 1 N–H and O–H groups in total. The lowest BCUT2D eigenvalue weighted by molar-refractivity contribution is 0.298. The van der Waals surface area contributed by atoms with Crippen molar-refractivity contribution < 1.29 is 4.74 Å². The minimum absolute atomic E-state index is 0.525. The van der Waals surface area contributed by atoms with Gasteiger partial charge in [0.25, 0.3) is 0 Å². The van der Waals surface area contributed by atoms with E-state index in [2.05, 4.69) is 28.3 Å². The Labute approximate surface area is 109 Å². The van der Waals surface area contributed by atoms with Gasteiger partial charge in [0.05, 0.1) is 6.61 Å². The van der Waals surface area contributed by atoms with Gasteiger partial charge in [-0.2, -0.15) is 0 Å². The standard InChI is InChI=1S/C14H23N3O/c1-2-3-4-5-9-18-14-13(16-11-17-14)12-7-6-8-15-10-12/h7,15H,2-6,8-11H2,1H3. The zero-order chi connectivity index (χ0) is 12.6. The number of hydrogen-bond acceptors (Lipinski definition) is 4. The molecule has 0 unspecified atom stereocenters. The number of ether oxygens (including phenoxy) is 1. The zero-order valence-corrected chi connectivity index (χ0v) is 11.2. The molecule has 0 aromatic carbocycles. The summed E-state index contributed by atoms with van der Waals surface area (Å²) in [5, 5.41) is 3.36. The molecule has 2 aliphatic rings. The number of nitrogens with zero attached hydrogens (tertiary/aromatic N) is 2. The second-order valence-corrected chi connectivity index (χ2v) is 4.72. The molecular weight excluding hydrogens is 226 g/mol. The summed E-state index contributed by atoms with van der Waals surface area (Å²) in [7, 11) is 0. The Morgan fingerprint density at radius 1 is 1.28 bits per heavy atom. The summed E-state index contributed by atoms with van der Waals surface area (Å²) in [6.45, 7) is 5.45. The molecule has 4 nitrogen and oxygen atoms in total. The van der Waals surface area contributed by atoms with Gasteiger partial charge in [0.2, 0.25) is 5.90 Å². The Morgan fingerprint density at radius 2 is 2.22 bits per heavy atom. The third-order valence-electron chi connectivity index (χ3n) is 3.21. The van der Waals surface area contributed by atoms with Crippen molar-refractivity contribution in [1.29, 1.82) is 0 Å². The Bertz CT molecular complexity index is 358. The van der Waals surface area contributed by atoms with Crippen molar-refractivity contribution in [2.75, 3.05) is 26.4 Å². The zero-order valence-electron chi connectivity index (χ0n) is 11.2. The maximum atomic E-state index is 5.77. The highest BCUT2D eigenvalue weighted by molar-refractivity contribution is 6.46. The van der Waals surface area contributed by atoms with Crippen LogP contribution in [0.4, 0.5) is 0 Å². The summed E-state index contributed by atoms with van der Waals surface area (Å²) < 4.78 is 5.77. The molecule has 0 bridgehead atoms. The van der Waals surface area contributed by atoms with Crippen LogP contribution in [0.25, 0.3) is 0 Å². The van der Waals surface area contributed by atoms with E-state index in [1.807, 2.05) is 0 Å². The van der Waals surface area contributed by atoms with Gasteiger partial charge in [-0.3, -0.25) is 4.99 Å². The smallest absolute Gasteiger partial charge is 0.237 e. The number of nitrogens with one attached hydrogen (secondary N) is 1. The molecule has 4 heteroatoms. The van der Waals surface area contributed by atoms with Gasteiger partial charge in [0, 0.05) is 6.54 Å². The average molecular weight is 249 g/mol. The number of rotatable bonds is 6. The largest absolute Gasteiger partial charge is 0.476 e. The van der Waals surface area contributed by atoms with Gasteiger partial charge in [-0.25, -0.2) is 4.99 Å². The number of hydrogen-bond donors (Lipinski definition) is 1. The first-order valence-electron chi connectivity index (χ1n) is 7.04. The third-order valence-corrected chi connectivity index (χ3v) is 3.21. The molecule has 2 rings (SSSR count). The molecule has 2 heterocycles. The summed E-state index contributed by atoms with van der Waals surface area (Å²) in [4.78, 5) is 8.77. The van der Waals surface area contributed by atoms with E-state index in [4.69, 9.17) is 4.74 Å². The van der Waals surface area contributed by atoms with Crippen LogP contribution in [0.3, 0.4) is 0 Å². The molecule has 0 aliphatic carbocycles. The minimum Gasteiger partial charge on any atom is -0.476 e. The molecular formula is C14H23N3O. The Morgan fingerprint density at radius 3 is 3.00 bits per heavy atom. The summed E-state index contributed by atoms with van der Waals surface area (Å²) in [6, 6.07) is 0. The average Bonchev–Trinajstić information content (AvgIpc) is 2.88. The lowest BCUT2D eigenvalue weighted by atomic mass is 10.1. The van der Waals surface area contributed by atoms with Crippen LogP contribution in [0.1, 0.15) is 39.0 Å². The Hall–Kier alpha value is -1.16. The van der Waals surface area contributed by atoms with E-state index in [1.54, 1.807) is 0 Å². The predicted molar refractivity (Wildman–Crippen MR) is 75.4 cm³/mol. The van der Waals surface area contributed by atoms with E-state index < -0.39 is 0 Å². The third kappa shape index (κ3) is 3.67. The van der Waals surface area contributed by atoms with E-state index >= 15 is 0 Å².